The minimum Gasteiger partial charge on any atom is -0.487 e. The molecular formula is C19H26N2O2. The molecule has 0 radical (unpaired) electrons. The van der Waals surface area contributed by atoms with Crippen LogP contribution < -0.4 is 15.8 Å². The third kappa shape index (κ3) is 6.30. The molecule has 4 nitrogen and oxygen atoms in total. The number of benzene rings is 2. The number of ether oxygens (including phenoxy) is 2. The second-order valence-corrected chi connectivity index (χ2v) is 5.49. The summed E-state index contributed by atoms with van der Waals surface area (Å²) in [5.74, 6) is 0.746. The highest BCUT2D eigenvalue weighted by Gasteiger charge is 2.03. The van der Waals surface area contributed by atoms with E-state index in [2.05, 4.69) is 11.4 Å². The molecule has 0 amide bonds. The molecule has 2 aromatic rings. The van der Waals surface area contributed by atoms with Crippen LogP contribution in [0, 0.1) is 0 Å². The van der Waals surface area contributed by atoms with Crippen LogP contribution in [0.5, 0.6) is 5.75 Å². The van der Waals surface area contributed by atoms with Gasteiger partial charge in [-0.1, -0.05) is 36.4 Å². The number of nitrogens with two attached hydrogens (primary N) is 1. The van der Waals surface area contributed by atoms with Crippen molar-refractivity contribution in [2.24, 2.45) is 0 Å². The minimum absolute atomic E-state index is 0.536. The zero-order chi connectivity index (χ0) is 16.3. The lowest BCUT2D eigenvalue weighted by atomic mass is 10.1. The minimum atomic E-state index is 0.536. The molecule has 0 aliphatic carbocycles. The summed E-state index contributed by atoms with van der Waals surface area (Å²) in [6.07, 6.45) is 2.08. The Bertz CT molecular complexity index is 573. The standard InChI is InChI=1S/C19H26N2O2/c1-22-13-12-21-11-5-8-16-9-10-19(18(20)14-16)23-15-17-6-3-2-4-7-17/h2-4,6-7,9-10,14,21H,5,8,11-13,15,20H2,1H3. The predicted octanol–water partition coefficient (Wildman–Crippen LogP) is 3.02. The van der Waals surface area contributed by atoms with Crippen LogP contribution in [0.15, 0.2) is 48.5 Å². The highest BCUT2D eigenvalue weighted by Crippen LogP contribution is 2.24. The van der Waals surface area contributed by atoms with Gasteiger partial charge in [-0.2, -0.15) is 0 Å². The summed E-state index contributed by atoms with van der Waals surface area (Å²) in [5.41, 5.74) is 9.17. The Morgan fingerprint density at radius 3 is 2.57 bits per heavy atom. The second kappa shape index (κ2) is 9.87. The van der Waals surface area contributed by atoms with Crippen molar-refractivity contribution < 1.29 is 9.47 Å². The first-order valence-corrected chi connectivity index (χ1v) is 8.04. The summed E-state index contributed by atoms with van der Waals surface area (Å²) in [5, 5.41) is 3.34. The molecular weight excluding hydrogens is 288 g/mol. The molecule has 0 bridgehead atoms. The van der Waals surface area contributed by atoms with Crippen molar-refractivity contribution in [2.75, 3.05) is 32.5 Å². The molecule has 0 atom stereocenters. The molecule has 0 saturated carbocycles. The lowest BCUT2D eigenvalue weighted by Crippen LogP contribution is -2.20. The van der Waals surface area contributed by atoms with E-state index in [1.54, 1.807) is 7.11 Å². The summed E-state index contributed by atoms with van der Waals surface area (Å²) in [7, 11) is 1.71. The average molecular weight is 314 g/mol. The van der Waals surface area contributed by atoms with Gasteiger partial charge < -0.3 is 20.5 Å². The van der Waals surface area contributed by atoms with Gasteiger partial charge in [0.15, 0.2) is 0 Å². The normalized spacial score (nSPS) is 10.7. The third-order valence-electron chi connectivity index (χ3n) is 3.61. The summed E-state index contributed by atoms with van der Waals surface area (Å²) in [4.78, 5) is 0. The molecule has 0 unspecified atom stereocenters. The number of aryl methyl sites for hydroxylation is 1. The first kappa shape index (κ1) is 17.3. The lowest BCUT2D eigenvalue weighted by Gasteiger charge is -2.11. The molecule has 2 aromatic carbocycles. The number of methoxy groups -OCH3 is 1. The molecule has 0 heterocycles. The number of hydrogen-bond acceptors (Lipinski definition) is 4. The van der Waals surface area contributed by atoms with E-state index in [9.17, 15) is 0 Å². The van der Waals surface area contributed by atoms with E-state index in [1.807, 2.05) is 42.5 Å². The molecule has 0 saturated heterocycles. The van der Waals surface area contributed by atoms with Gasteiger partial charge in [0.2, 0.25) is 0 Å². The van der Waals surface area contributed by atoms with Crippen LogP contribution in [-0.4, -0.2) is 26.8 Å². The van der Waals surface area contributed by atoms with Gasteiger partial charge in [-0.05, 0) is 42.6 Å². The fraction of sp³-hybridized carbons (Fsp3) is 0.368. The molecule has 0 spiro atoms. The molecule has 0 fully saturated rings. The summed E-state index contributed by atoms with van der Waals surface area (Å²) < 4.78 is 10.8. The predicted molar refractivity (Wildman–Crippen MR) is 94.7 cm³/mol. The van der Waals surface area contributed by atoms with Gasteiger partial charge in [-0.3, -0.25) is 0 Å². The summed E-state index contributed by atoms with van der Waals surface area (Å²) in [6.45, 7) is 3.16. The quantitative estimate of drug-likeness (QED) is 0.523. The molecule has 4 heteroatoms. The van der Waals surface area contributed by atoms with Gasteiger partial charge in [0, 0.05) is 13.7 Å². The Labute approximate surface area is 138 Å². The van der Waals surface area contributed by atoms with Crippen LogP contribution in [0.4, 0.5) is 5.69 Å². The number of hydrogen-bond donors (Lipinski definition) is 2. The van der Waals surface area contributed by atoms with E-state index in [0.29, 0.717) is 12.3 Å². The van der Waals surface area contributed by atoms with Gasteiger partial charge >= 0.3 is 0 Å². The number of rotatable bonds is 10. The number of nitrogens with one attached hydrogen (secondary N) is 1. The van der Waals surface area contributed by atoms with Gasteiger partial charge in [0.25, 0.3) is 0 Å². The van der Waals surface area contributed by atoms with Crippen LogP contribution in [0.2, 0.25) is 0 Å². The molecule has 2 rings (SSSR count). The maximum absolute atomic E-state index is 6.10. The Hall–Kier alpha value is -2.04. The highest BCUT2D eigenvalue weighted by molar-refractivity contribution is 5.54. The molecule has 23 heavy (non-hydrogen) atoms. The topological polar surface area (TPSA) is 56.5 Å². The first-order valence-electron chi connectivity index (χ1n) is 8.04. The molecule has 0 aliphatic heterocycles. The lowest BCUT2D eigenvalue weighted by molar-refractivity contribution is 0.199. The fourth-order valence-corrected chi connectivity index (χ4v) is 2.34. The third-order valence-corrected chi connectivity index (χ3v) is 3.61. The van der Waals surface area contributed by atoms with E-state index in [-0.39, 0.29) is 0 Å². The fourth-order valence-electron chi connectivity index (χ4n) is 2.34. The van der Waals surface area contributed by atoms with Crippen LogP contribution in [0.3, 0.4) is 0 Å². The Balaban J connectivity index is 1.76. The largest absolute Gasteiger partial charge is 0.487 e. The number of nitrogen functional groups attached to an aromatic ring is 1. The van der Waals surface area contributed by atoms with Gasteiger partial charge in [0.1, 0.15) is 12.4 Å². The van der Waals surface area contributed by atoms with Crippen molar-refractivity contribution in [3.63, 3.8) is 0 Å². The van der Waals surface area contributed by atoms with Crippen LogP contribution in [0.1, 0.15) is 17.5 Å². The van der Waals surface area contributed by atoms with Crippen LogP contribution in [0.25, 0.3) is 0 Å². The molecule has 0 aliphatic rings. The highest BCUT2D eigenvalue weighted by atomic mass is 16.5. The van der Waals surface area contributed by atoms with Crippen molar-refractivity contribution in [3.8, 4) is 5.75 Å². The first-order chi connectivity index (χ1) is 11.3. The van der Waals surface area contributed by atoms with Crippen molar-refractivity contribution in [2.45, 2.75) is 19.4 Å². The maximum Gasteiger partial charge on any atom is 0.142 e. The molecule has 0 aromatic heterocycles. The second-order valence-electron chi connectivity index (χ2n) is 5.49. The smallest absolute Gasteiger partial charge is 0.142 e. The summed E-state index contributed by atoms with van der Waals surface area (Å²) >= 11 is 0. The van der Waals surface area contributed by atoms with Crippen LogP contribution >= 0.6 is 0 Å². The van der Waals surface area contributed by atoms with E-state index < -0.39 is 0 Å². The van der Waals surface area contributed by atoms with Crippen LogP contribution in [-0.2, 0) is 17.8 Å². The van der Waals surface area contributed by atoms with Gasteiger partial charge in [0.05, 0.1) is 12.3 Å². The molecule has 3 N–H and O–H groups in total. The van der Waals surface area contributed by atoms with Gasteiger partial charge in [-0.25, -0.2) is 0 Å². The van der Waals surface area contributed by atoms with E-state index in [1.165, 1.54) is 5.56 Å². The molecule has 124 valence electrons. The monoisotopic (exact) mass is 314 g/mol. The summed E-state index contributed by atoms with van der Waals surface area (Å²) in [6, 6.07) is 16.2. The van der Waals surface area contributed by atoms with Crippen molar-refractivity contribution in [3.05, 3.63) is 59.7 Å². The maximum atomic E-state index is 6.10. The van der Waals surface area contributed by atoms with Crippen molar-refractivity contribution in [1.29, 1.82) is 0 Å². The SMILES string of the molecule is COCCNCCCc1ccc(OCc2ccccc2)c(N)c1. The van der Waals surface area contributed by atoms with E-state index >= 15 is 0 Å². The Morgan fingerprint density at radius 1 is 1.00 bits per heavy atom. The van der Waals surface area contributed by atoms with Gasteiger partial charge in [-0.15, -0.1) is 0 Å². The zero-order valence-corrected chi connectivity index (χ0v) is 13.8. The van der Waals surface area contributed by atoms with Crippen molar-refractivity contribution in [1.82, 2.24) is 5.32 Å². The van der Waals surface area contributed by atoms with Crippen molar-refractivity contribution >= 4 is 5.69 Å². The Kier molecular flexibility index (Phi) is 7.43. The zero-order valence-electron chi connectivity index (χ0n) is 13.8. The van der Waals surface area contributed by atoms with E-state index in [4.69, 9.17) is 15.2 Å². The number of anilines is 1. The average Bonchev–Trinajstić information content (AvgIpc) is 2.58. The Morgan fingerprint density at radius 2 is 1.83 bits per heavy atom. The van der Waals surface area contributed by atoms with E-state index in [0.717, 1.165) is 43.9 Å².